The average Bonchev–Trinajstić information content (AvgIpc) is 2.57. The Bertz CT molecular complexity index is 654. The minimum Gasteiger partial charge on any atom is -0.397 e. The van der Waals surface area contributed by atoms with Crippen molar-refractivity contribution in [3.8, 4) is 0 Å². The predicted molar refractivity (Wildman–Crippen MR) is 94.2 cm³/mol. The third kappa shape index (κ3) is 4.72. The highest BCUT2D eigenvalue weighted by Gasteiger charge is 2.08. The van der Waals surface area contributed by atoms with Crippen LogP contribution in [0, 0.1) is 0 Å². The Morgan fingerprint density at radius 3 is 2.52 bits per heavy atom. The van der Waals surface area contributed by atoms with Gasteiger partial charge in [0, 0.05) is 24.9 Å². The molecule has 122 valence electrons. The summed E-state index contributed by atoms with van der Waals surface area (Å²) in [7, 11) is 1.59. The minimum atomic E-state index is -0.160. The van der Waals surface area contributed by atoms with Crippen LogP contribution in [0.4, 0.5) is 17.1 Å². The van der Waals surface area contributed by atoms with Gasteiger partial charge in [0.05, 0.1) is 18.0 Å². The maximum atomic E-state index is 12.0. The molecule has 0 unspecified atom stereocenters. The minimum absolute atomic E-state index is 0.160. The van der Waals surface area contributed by atoms with E-state index in [1.165, 1.54) is 5.56 Å². The van der Waals surface area contributed by atoms with Crippen molar-refractivity contribution < 1.29 is 9.53 Å². The number of anilines is 3. The SMILES string of the molecule is CCc1ccc(Nc2ccc(C(=O)NCCOC)cc2N)cc1. The molecule has 0 bridgehead atoms. The summed E-state index contributed by atoms with van der Waals surface area (Å²) in [5.41, 5.74) is 10.1. The number of nitrogen functional groups attached to an aromatic ring is 1. The summed E-state index contributed by atoms with van der Waals surface area (Å²) in [6.45, 7) is 3.07. The van der Waals surface area contributed by atoms with E-state index < -0.39 is 0 Å². The van der Waals surface area contributed by atoms with E-state index in [-0.39, 0.29) is 5.91 Å². The Hall–Kier alpha value is -2.53. The number of hydrogen-bond acceptors (Lipinski definition) is 4. The van der Waals surface area contributed by atoms with Crippen molar-refractivity contribution in [1.29, 1.82) is 0 Å². The molecule has 5 heteroatoms. The number of ether oxygens (including phenoxy) is 1. The van der Waals surface area contributed by atoms with Crippen molar-refractivity contribution in [2.24, 2.45) is 0 Å². The topological polar surface area (TPSA) is 76.4 Å². The molecule has 1 amide bonds. The van der Waals surface area contributed by atoms with Gasteiger partial charge in [-0.1, -0.05) is 19.1 Å². The largest absolute Gasteiger partial charge is 0.397 e. The van der Waals surface area contributed by atoms with E-state index in [0.717, 1.165) is 17.8 Å². The van der Waals surface area contributed by atoms with E-state index >= 15 is 0 Å². The molecule has 2 rings (SSSR count). The lowest BCUT2D eigenvalue weighted by Crippen LogP contribution is -2.27. The van der Waals surface area contributed by atoms with Gasteiger partial charge in [-0.05, 0) is 42.3 Å². The van der Waals surface area contributed by atoms with E-state index in [1.807, 2.05) is 18.2 Å². The summed E-state index contributed by atoms with van der Waals surface area (Å²) in [5, 5.41) is 6.03. The summed E-state index contributed by atoms with van der Waals surface area (Å²) in [6.07, 6.45) is 1.01. The Balaban J connectivity index is 2.04. The predicted octanol–water partition coefficient (Wildman–Crippen LogP) is 2.95. The van der Waals surface area contributed by atoms with Gasteiger partial charge in [0.1, 0.15) is 0 Å². The first-order chi connectivity index (χ1) is 11.1. The Labute approximate surface area is 136 Å². The summed E-state index contributed by atoms with van der Waals surface area (Å²) in [6, 6.07) is 13.4. The first-order valence-corrected chi connectivity index (χ1v) is 7.66. The monoisotopic (exact) mass is 313 g/mol. The van der Waals surface area contributed by atoms with E-state index in [0.29, 0.717) is 24.4 Å². The highest BCUT2D eigenvalue weighted by Crippen LogP contribution is 2.24. The van der Waals surface area contributed by atoms with Gasteiger partial charge in [0.25, 0.3) is 5.91 Å². The fourth-order valence-corrected chi connectivity index (χ4v) is 2.17. The third-order valence-corrected chi connectivity index (χ3v) is 3.55. The van der Waals surface area contributed by atoms with E-state index in [2.05, 4.69) is 29.7 Å². The van der Waals surface area contributed by atoms with Gasteiger partial charge in [0.15, 0.2) is 0 Å². The van der Waals surface area contributed by atoms with Crippen molar-refractivity contribution in [2.75, 3.05) is 31.3 Å². The standard InChI is InChI=1S/C18H23N3O2/c1-3-13-4-7-15(8-5-13)21-17-9-6-14(12-16(17)19)18(22)20-10-11-23-2/h4-9,12,21H,3,10-11,19H2,1-2H3,(H,20,22). The molecule has 0 atom stereocenters. The number of nitrogens with one attached hydrogen (secondary N) is 2. The van der Waals surface area contributed by atoms with Crippen LogP contribution in [0.2, 0.25) is 0 Å². The van der Waals surface area contributed by atoms with E-state index in [1.54, 1.807) is 19.2 Å². The van der Waals surface area contributed by atoms with Crippen LogP contribution in [0.15, 0.2) is 42.5 Å². The normalized spacial score (nSPS) is 10.3. The Morgan fingerprint density at radius 1 is 1.17 bits per heavy atom. The number of carbonyl (C=O) groups is 1. The second-order valence-corrected chi connectivity index (χ2v) is 5.23. The lowest BCUT2D eigenvalue weighted by atomic mass is 10.1. The molecule has 2 aromatic rings. The highest BCUT2D eigenvalue weighted by atomic mass is 16.5. The molecule has 0 saturated heterocycles. The molecular weight excluding hydrogens is 290 g/mol. The van der Waals surface area contributed by atoms with Crippen molar-refractivity contribution in [3.63, 3.8) is 0 Å². The van der Waals surface area contributed by atoms with Crippen LogP contribution in [0.25, 0.3) is 0 Å². The van der Waals surface area contributed by atoms with Crippen LogP contribution >= 0.6 is 0 Å². The van der Waals surface area contributed by atoms with Gasteiger partial charge in [0.2, 0.25) is 0 Å². The van der Waals surface area contributed by atoms with Gasteiger partial charge in [-0.15, -0.1) is 0 Å². The number of rotatable bonds is 7. The first-order valence-electron chi connectivity index (χ1n) is 7.66. The molecule has 23 heavy (non-hydrogen) atoms. The molecule has 0 aliphatic heterocycles. The van der Waals surface area contributed by atoms with Crippen molar-refractivity contribution in [3.05, 3.63) is 53.6 Å². The van der Waals surface area contributed by atoms with Crippen LogP contribution in [0.5, 0.6) is 0 Å². The molecule has 4 N–H and O–H groups in total. The number of amides is 1. The molecule has 0 aliphatic rings. The Kier molecular flexibility index (Phi) is 6.00. The molecule has 0 saturated carbocycles. The Morgan fingerprint density at radius 2 is 1.91 bits per heavy atom. The number of benzene rings is 2. The van der Waals surface area contributed by atoms with Gasteiger partial charge in [-0.25, -0.2) is 0 Å². The number of nitrogens with two attached hydrogens (primary N) is 1. The van der Waals surface area contributed by atoms with Crippen LogP contribution < -0.4 is 16.4 Å². The van der Waals surface area contributed by atoms with Crippen LogP contribution in [0.3, 0.4) is 0 Å². The molecular formula is C18H23N3O2. The summed E-state index contributed by atoms with van der Waals surface area (Å²) in [4.78, 5) is 12.0. The second kappa shape index (κ2) is 8.19. The molecule has 5 nitrogen and oxygen atoms in total. The smallest absolute Gasteiger partial charge is 0.251 e. The quantitative estimate of drug-likeness (QED) is 0.542. The molecule has 0 aliphatic carbocycles. The number of aryl methyl sites for hydroxylation is 1. The lowest BCUT2D eigenvalue weighted by molar-refractivity contribution is 0.0937. The molecule has 2 aromatic carbocycles. The fourth-order valence-electron chi connectivity index (χ4n) is 2.17. The van der Waals surface area contributed by atoms with Crippen LogP contribution in [-0.2, 0) is 11.2 Å². The van der Waals surface area contributed by atoms with Crippen molar-refractivity contribution in [1.82, 2.24) is 5.32 Å². The molecule has 0 aromatic heterocycles. The third-order valence-electron chi connectivity index (χ3n) is 3.55. The zero-order valence-electron chi connectivity index (χ0n) is 13.6. The molecule has 0 fully saturated rings. The lowest BCUT2D eigenvalue weighted by Gasteiger charge is -2.11. The van der Waals surface area contributed by atoms with Gasteiger partial charge in [-0.3, -0.25) is 4.79 Å². The summed E-state index contributed by atoms with van der Waals surface area (Å²) >= 11 is 0. The van der Waals surface area contributed by atoms with E-state index in [9.17, 15) is 4.79 Å². The molecule has 0 spiro atoms. The molecule has 0 heterocycles. The zero-order chi connectivity index (χ0) is 16.7. The second-order valence-electron chi connectivity index (χ2n) is 5.23. The van der Waals surface area contributed by atoms with Gasteiger partial charge >= 0.3 is 0 Å². The van der Waals surface area contributed by atoms with Crippen molar-refractivity contribution >= 4 is 23.0 Å². The number of carbonyl (C=O) groups excluding carboxylic acids is 1. The highest BCUT2D eigenvalue weighted by molar-refractivity contribution is 5.96. The van der Waals surface area contributed by atoms with Crippen LogP contribution in [0.1, 0.15) is 22.8 Å². The summed E-state index contributed by atoms with van der Waals surface area (Å²) < 4.78 is 4.90. The maximum absolute atomic E-state index is 12.0. The number of methoxy groups -OCH3 is 1. The maximum Gasteiger partial charge on any atom is 0.251 e. The summed E-state index contributed by atoms with van der Waals surface area (Å²) in [5.74, 6) is -0.160. The van der Waals surface area contributed by atoms with Gasteiger partial charge < -0.3 is 21.1 Å². The van der Waals surface area contributed by atoms with E-state index in [4.69, 9.17) is 10.5 Å². The number of hydrogen-bond donors (Lipinski definition) is 3. The zero-order valence-corrected chi connectivity index (χ0v) is 13.6. The molecule has 0 radical (unpaired) electrons. The average molecular weight is 313 g/mol. The van der Waals surface area contributed by atoms with Gasteiger partial charge in [-0.2, -0.15) is 0 Å². The van der Waals surface area contributed by atoms with Crippen LogP contribution in [-0.4, -0.2) is 26.2 Å². The fraction of sp³-hybridized carbons (Fsp3) is 0.278. The van der Waals surface area contributed by atoms with Crippen molar-refractivity contribution in [2.45, 2.75) is 13.3 Å². The first kappa shape index (κ1) is 16.8.